The molecule has 0 aromatic carbocycles. The molecule has 3 nitrogen and oxygen atoms in total. The standard InChI is InChI=1S/C15H31NO2Si/c1-4-17-15(3,18-5-2)19-13-9-12-16-14-10-7-6-8-11-14/h12,14H,4-11,13,19H2,1-3H3. The van der Waals surface area contributed by atoms with Crippen LogP contribution in [-0.4, -0.2) is 40.4 Å². The van der Waals surface area contributed by atoms with E-state index >= 15 is 0 Å². The molecule has 0 aromatic heterocycles. The molecular formula is C15H31NO2Si. The number of hydrogen-bond acceptors (Lipinski definition) is 3. The molecule has 0 amide bonds. The molecule has 0 radical (unpaired) electrons. The van der Waals surface area contributed by atoms with Gasteiger partial charge in [0.15, 0.2) is 0 Å². The molecule has 1 saturated carbocycles. The van der Waals surface area contributed by atoms with Gasteiger partial charge in [0.2, 0.25) is 0 Å². The number of aliphatic imine (C=N–C) groups is 1. The van der Waals surface area contributed by atoms with E-state index in [1.165, 1.54) is 38.1 Å². The lowest BCUT2D eigenvalue weighted by molar-refractivity contribution is -0.163. The monoisotopic (exact) mass is 285 g/mol. The van der Waals surface area contributed by atoms with Crippen molar-refractivity contribution < 1.29 is 9.47 Å². The Morgan fingerprint density at radius 2 is 1.79 bits per heavy atom. The van der Waals surface area contributed by atoms with E-state index in [0.717, 1.165) is 19.6 Å². The van der Waals surface area contributed by atoms with Crippen LogP contribution in [-0.2, 0) is 9.47 Å². The lowest BCUT2D eigenvalue weighted by Gasteiger charge is -2.29. The maximum Gasteiger partial charge on any atom is 0.142 e. The van der Waals surface area contributed by atoms with Gasteiger partial charge in [0.25, 0.3) is 0 Å². The van der Waals surface area contributed by atoms with Crippen molar-refractivity contribution in [3.8, 4) is 0 Å². The molecule has 0 saturated heterocycles. The fraction of sp³-hybridized carbons (Fsp3) is 0.933. The lowest BCUT2D eigenvalue weighted by atomic mass is 9.96. The molecule has 0 aliphatic heterocycles. The maximum absolute atomic E-state index is 5.76. The SMILES string of the molecule is CCOC(C)(OCC)[SiH2]CCC=NC1CCCCC1. The number of nitrogens with zero attached hydrogens (tertiary/aromatic N) is 1. The summed E-state index contributed by atoms with van der Waals surface area (Å²) in [5.74, 6) is 0. The van der Waals surface area contributed by atoms with Crippen LogP contribution >= 0.6 is 0 Å². The second-order valence-corrected chi connectivity index (χ2v) is 8.01. The predicted octanol–water partition coefficient (Wildman–Crippen LogP) is 3.11. The van der Waals surface area contributed by atoms with Crippen LogP contribution < -0.4 is 0 Å². The summed E-state index contributed by atoms with van der Waals surface area (Å²) in [5.41, 5.74) is -0.276. The van der Waals surface area contributed by atoms with Gasteiger partial charge in [0.1, 0.15) is 5.41 Å². The molecule has 1 rings (SSSR count). The Balaban J connectivity index is 2.18. The molecule has 1 fully saturated rings. The van der Waals surface area contributed by atoms with Gasteiger partial charge < -0.3 is 9.47 Å². The van der Waals surface area contributed by atoms with E-state index in [1.54, 1.807) is 0 Å². The minimum Gasteiger partial charge on any atom is -0.355 e. The summed E-state index contributed by atoms with van der Waals surface area (Å²) in [5, 5.41) is 0. The molecule has 19 heavy (non-hydrogen) atoms. The smallest absolute Gasteiger partial charge is 0.142 e. The predicted molar refractivity (Wildman–Crippen MR) is 85.0 cm³/mol. The Kier molecular flexibility index (Phi) is 8.58. The maximum atomic E-state index is 5.76. The Morgan fingerprint density at radius 3 is 2.37 bits per heavy atom. The van der Waals surface area contributed by atoms with Crippen LogP contribution in [0.5, 0.6) is 0 Å². The van der Waals surface area contributed by atoms with Crippen molar-refractivity contribution in [2.75, 3.05) is 13.2 Å². The fourth-order valence-corrected chi connectivity index (χ4v) is 4.49. The van der Waals surface area contributed by atoms with Gasteiger partial charge in [-0.25, -0.2) is 0 Å². The molecular weight excluding hydrogens is 254 g/mol. The molecule has 0 atom stereocenters. The van der Waals surface area contributed by atoms with E-state index in [0.29, 0.717) is 6.04 Å². The van der Waals surface area contributed by atoms with Crippen molar-refractivity contribution in [1.29, 1.82) is 0 Å². The minimum atomic E-state index is -0.378. The second kappa shape index (κ2) is 9.67. The highest BCUT2D eigenvalue weighted by atomic mass is 28.2. The van der Waals surface area contributed by atoms with Crippen LogP contribution in [0.3, 0.4) is 0 Å². The average Bonchev–Trinajstić information content (AvgIpc) is 2.40. The van der Waals surface area contributed by atoms with Crippen molar-refractivity contribution in [1.82, 2.24) is 0 Å². The third kappa shape index (κ3) is 7.23. The van der Waals surface area contributed by atoms with Crippen molar-refractivity contribution in [3.05, 3.63) is 0 Å². The topological polar surface area (TPSA) is 30.8 Å². The zero-order chi connectivity index (χ0) is 14.0. The highest BCUT2D eigenvalue weighted by Gasteiger charge is 2.24. The number of ether oxygens (including phenoxy) is 2. The normalized spacial score (nSPS) is 18.9. The molecule has 4 heteroatoms. The number of hydrogen-bond donors (Lipinski definition) is 0. The Hall–Kier alpha value is -0.193. The molecule has 1 aliphatic rings. The molecule has 0 heterocycles. The quantitative estimate of drug-likeness (QED) is 0.282. The molecule has 0 bridgehead atoms. The zero-order valence-corrected chi connectivity index (χ0v) is 14.4. The van der Waals surface area contributed by atoms with E-state index in [2.05, 4.69) is 13.1 Å². The van der Waals surface area contributed by atoms with Crippen molar-refractivity contribution in [2.45, 2.75) is 76.8 Å². The summed E-state index contributed by atoms with van der Waals surface area (Å²) in [7, 11) is -0.378. The van der Waals surface area contributed by atoms with Crippen LogP contribution in [0.15, 0.2) is 4.99 Å². The van der Waals surface area contributed by atoms with Crippen LogP contribution in [0.2, 0.25) is 6.04 Å². The molecule has 1 aliphatic carbocycles. The largest absolute Gasteiger partial charge is 0.355 e. The minimum absolute atomic E-state index is 0.276. The Bertz CT molecular complexity index is 247. The first-order valence-corrected chi connectivity index (χ1v) is 9.70. The first-order chi connectivity index (χ1) is 9.20. The third-order valence-electron chi connectivity index (χ3n) is 3.75. The zero-order valence-electron chi connectivity index (χ0n) is 13.0. The summed E-state index contributed by atoms with van der Waals surface area (Å²) in [6.07, 6.45) is 9.97. The molecule has 0 unspecified atom stereocenters. The van der Waals surface area contributed by atoms with E-state index in [4.69, 9.17) is 14.5 Å². The first-order valence-electron chi connectivity index (χ1n) is 7.99. The van der Waals surface area contributed by atoms with Crippen molar-refractivity contribution in [2.24, 2.45) is 4.99 Å². The number of rotatable bonds is 9. The Morgan fingerprint density at radius 1 is 1.16 bits per heavy atom. The summed E-state index contributed by atoms with van der Waals surface area (Å²) in [6, 6.07) is 1.83. The van der Waals surface area contributed by atoms with Gasteiger partial charge in [-0.2, -0.15) is 0 Å². The van der Waals surface area contributed by atoms with Crippen LogP contribution in [0.25, 0.3) is 0 Å². The molecule has 0 N–H and O–H groups in total. The lowest BCUT2D eigenvalue weighted by Crippen LogP contribution is -2.39. The molecule has 0 aromatic rings. The van der Waals surface area contributed by atoms with Crippen LogP contribution in [0.1, 0.15) is 59.3 Å². The van der Waals surface area contributed by atoms with E-state index in [1.807, 2.05) is 13.8 Å². The van der Waals surface area contributed by atoms with E-state index in [9.17, 15) is 0 Å². The third-order valence-corrected chi connectivity index (χ3v) is 5.83. The van der Waals surface area contributed by atoms with Gasteiger partial charge >= 0.3 is 0 Å². The summed E-state index contributed by atoms with van der Waals surface area (Å²) < 4.78 is 11.5. The van der Waals surface area contributed by atoms with Crippen molar-refractivity contribution >= 4 is 15.7 Å². The highest BCUT2D eigenvalue weighted by Crippen LogP contribution is 2.20. The van der Waals surface area contributed by atoms with Gasteiger partial charge in [-0.3, -0.25) is 4.99 Å². The van der Waals surface area contributed by atoms with Gasteiger partial charge in [-0.15, -0.1) is 0 Å². The van der Waals surface area contributed by atoms with Gasteiger partial charge in [0.05, 0.1) is 9.52 Å². The van der Waals surface area contributed by atoms with Crippen LogP contribution in [0.4, 0.5) is 0 Å². The highest BCUT2D eigenvalue weighted by molar-refractivity contribution is 6.39. The summed E-state index contributed by atoms with van der Waals surface area (Å²) in [4.78, 5) is 4.71. The van der Waals surface area contributed by atoms with Crippen LogP contribution in [0, 0.1) is 0 Å². The summed E-state index contributed by atoms with van der Waals surface area (Å²) >= 11 is 0. The second-order valence-electron chi connectivity index (χ2n) is 5.52. The molecule has 112 valence electrons. The van der Waals surface area contributed by atoms with Crippen molar-refractivity contribution in [3.63, 3.8) is 0 Å². The van der Waals surface area contributed by atoms with Gasteiger partial charge in [-0.05, 0) is 46.2 Å². The summed E-state index contributed by atoms with van der Waals surface area (Å²) in [6.45, 7) is 7.65. The molecule has 0 spiro atoms. The first kappa shape index (κ1) is 16.9. The average molecular weight is 286 g/mol. The van der Waals surface area contributed by atoms with Gasteiger partial charge in [0, 0.05) is 19.3 Å². The van der Waals surface area contributed by atoms with Gasteiger partial charge in [-0.1, -0.05) is 25.3 Å². The van der Waals surface area contributed by atoms with E-state index < -0.39 is 0 Å². The fourth-order valence-electron chi connectivity index (χ4n) is 2.76. The van der Waals surface area contributed by atoms with E-state index in [-0.39, 0.29) is 14.9 Å². The Labute approximate surface area is 121 Å².